The van der Waals surface area contributed by atoms with Gasteiger partial charge in [-0.2, -0.15) is 5.10 Å². The van der Waals surface area contributed by atoms with Crippen LogP contribution in [0.25, 0.3) is 5.52 Å². The Morgan fingerprint density at radius 2 is 2.39 bits per heavy atom. The second-order valence-electron chi connectivity index (χ2n) is 4.16. The van der Waals surface area contributed by atoms with Gasteiger partial charge < -0.3 is 10.1 Å². The lowest BCUT2D eigenvalue weighted by molar-refractivity contribution is 0.196. The fourth-order valence-corrected chi connectivity index (χ4v) is 2.03. The first-order chi connectivity index (χ1) is 8.70. The molecule has 0 aliphatic rings. The van der Waals surface area contributed by atoms with Crippen LogP contribution in [0.15, 0.2) is 18.5 Å². The third kappa shape index (κ3) is 3.11. The smallest absolute Gasteiger partial charge is 0.152 e. The van der Waals surface area contributed by atoms with E-state index >= 15 is 0 Å². The van der Waals surface area contributed by atoms with Crippen LogP contribution < -0.4 is 5.32 Å². The molecular formula is C12H17ClN4O. The van der Waals surface area contributed by atoms with E-state index in [0.717, 1.165) is 30.0 Å². The first kappa shape index (κ1) is 13.1. The molecular weight excluding hydrogens is 252 g/mol. The normalized spacial score (nSPS) is 12.8. The van der Waals surface area contributed by atoms with E-state index in [4.69, 9.17) is 16.3 Å². The Kier molecular flexibility index (Phi) is 4.38. The van der Waals surface area contributed by atoms with E-state index in [1.807, 2.05) is 23.7 Å². The average molecular weight is 269 g/mol. The fourth-order valence-electron chi connectivity index (χ4n) is 1.79. The van der Waals surface area contributed by atoms with Crippen molar-refractivity contribution in [3.63, 3.8) is 0 Å². The highest BCUT2D eigenvalue weighted by atomic mass is 35.5. The van der Waals surface area contributed by atoms with Gasteiger partial charge in [0.15, 0.2) is 5.82 Å². The molecule has 1 atom stereocenters. The van der Waals surface area contributed by atoms with Crippen molar-refractivity contribution in [2.24, 2.45) is 0 Å². The number of methoxy groups -OCH3 is 1. The quantitative estimate of drug-likeness (QED) is 0.815. The summed E-state index contributed by atoms with van der Waals surface area (Å²) in [6.07, 6.45) is 4.39. The van der Waals surface area contributed by atoms with Crippen molar-refractivity contribution in [1.29, 1.82) is 0 Å². The average Bonchev–Trinajstić information content (AvgIpc) is 2.70. The van der Waals surface area contributed by atoms with Crippen LogP contribution in [0, 0.1) is 6.92 Å². The van der Waals surface area contributed by atoms with Crippen molar-refractivity contribution in [2.75, 3.05) is 25.6 Å². The van der Waals surface area contributed by atoms with E-state index in [0.29, 0.717) is 6.61 Å². The fraction of sp³-hybridized carbons (Fsp3) is 0.500. The van der Waals surface area contributed by atoms with Crippen LogP contribution in [0.4, 0.5) is 5.82 Å². The van der Waals surface area contributed by atoms with E-state index in [1.54, 1.807) is 13.3 Å². The molecule has 0 spiro atoms. The topological polar surface area (TPSA) is 51.5 Å². The van der Waals surface area contributed by atoms with Gasteiger partial charge in [-0.3, -0.25) is 0 Å². The van der Waals surface area contributed by atoms with Gasteiger partial charge in [0.2, 0.25) is 0 Å². The Bertz CT molecular complexity index is 514. The number of fused-ring (bicyclic) bond motifs is 1. The van der Waals surface area contributed by atoms with Crippen molar-refractivity contribution in [3.8, 4) is 0 Å². The van der Waals surface area contributed by atoms with Gasteiger partial charge in [-0.25, -0.2) is 9.50 Å². The summed E-state index contributed by atoms with van der Waals surface area (Å²) >= 11 is 6.07. The van der Waals surface area contributed by atoms with Gasteiger partial charge in [-0.05, 0) is 19.4 Å². The summed E-state index contributed by atoms with van der Waals surface area (Å²) in [4.78, 5) is 4.32. The molecule has 0 aliphatic carbocycles. The molecule has 0 radical (unpaired) electrons. The Morgan fingerprint density at radius 3 is 3.17 bits per heavy atom. The molecule has 98 valence electrons. The SMILES string of the molecule is COCC(Cl)CCNc1nccn2nc(C)cc12. The number of ether oxygens (including phenoxy) is 1. The molecule has 1 unspecified atom stereocenters. The van der Waals surface area contributed by atoms with Crippen molar-refractivity contribution < 1.29 is 4.74 Å². The molecule has 2 rings (SSSR count). The highest BCUT2D eigenvalue weighted by Crippen LogP contribution is 2.14. The number of hydrogen-bond donors (Lipinski definition) is 1. The number of nitrogens with one attached hydrogen (secondary N) is 1. The number of anilines is 1. The molecule has 5 nitrogen and oxygen atoms in total. The minimum absolute atomic E-state index is 0.0221. The highest BCUT2D eigenvalue weighted by Gasteiger charge is 2.07. The summed E-state index contributed by atoms with van der Waals surface area (Å²) in [5.41, 5.74) is 1.95. The number of aryl methyl sites for hydroxylation is 1. The summed E-state index contributed by atoms with van der Waals surface area (Å²) in [5, 5.41) is 7.64. The lowest BCUT2D eigenvalue weighted by Crippen LogP contribution is -2.14. The third-order valence-electron chi connectivity index (χ3n) is 2.61. The molecule has 0 aliphatic heterocycles. The standard InChI is InChI=1S/C12H17ClN4O/c1-9-7-11-12(15-5-6-17(11)16-9)14-4-3-10(13)8-18-2/h5-7,10H,3-4,8H2,1-2H3,(H,14,15). The first-order valence-electron chi connectivity index (χ1n) is 5.88. The van der Waals surface area contributed by atoms with Crippen LogP contribution in [0.3, 0.4) is 0 Å². The van der Waals surface area contributed by atoms with Gasteiger partial charge in [-0.1, -0.05) is 0 Å². The molecule has 0 saturated carbocycles. The van der Waals surface area contributed by atoms with Crippen molar-refractivity contribution in [3.05, 3.63) is 24.2 Å². The zero-order valence-electron chi connectivity index (χ0n) is 10.6. The Hall–Kier alpha value is -1.33. The monoisotopic (exact) mass is 268 g/mol. The van der Waals surface area contributed by atoms with E-state index in [2.05, 4.69) is 15.4 Å². The minimum Gasteiger partial charge on any atom is -0.383 e. The van der Waals surface area contributed by atoms with E-state index in [1.165, 1.54) is 0 Å². The van der Waals surface area contributed by atoms with Crippen LogP contribution >= 0.6 is 11.6 Å². The highest BCUT2D eigenvalue weighted by molar-refractivity contribution is 6.20. The summed E-state index contributed by atoms with van der Waals surface area (Å²) in [6.45, 7) is 3.28. The van der Waals surface area contributed by atoms with Crippen LogP contribution in [-0.2, 0) is 4.74 Å². The Morgan fingerprint density at radius 1 is 1.56 bits per heavy atom. The van der Waals surface area contributed by atoms with Crippen molar-refractivity contribution in [2.45, 2.75) is 18.7 Å². The lowest BCUT2D eigenvalue weighted by atomic mass is 10.3. The Balaban J connectivity index is 1.99. The second kappa shape index (κ2) is 6.02. The minimum atomic E-state index is 0.0221. The van der Waals surface area contributed by atoms with Crippen LogP contribution in [-0.4, -0.2) is 40.2 Å². The van der Waals surface area contributed by atoms with E-state index in [-0.39, 0.29) is 5.38 Å². The molecule has 2 aromatic heterocycles. The summed E-state index contributed by atoms with van der Waals surface area (Å²) in [7, 11) is 1.65. The number of hydrogen-bond acceptors (Lipinski definition) is 4. The molecule has 1 N–H and O–H groups in total. The molecule has 18 heavy (non-hydrogen) atoms. The zero-order chi connectivity index (χ0) is 13.0. The second-order valence-corrected chi connectivity index (χ2v) is 4.78. The molecule has 2 aromatic rings. The van der Waals surface area contributed by atoms with Gasteiger partial charge in [-0.15, -0.1) is 11.6 Å². The van der Waals surface area contributed by atoms with Gasteiger partial charge in [0, 0.05) is 26.0 Å². The molecule has 0 fully saturated rings. The number of halogens is 1. The molecule has 0 saturated heterocycles. The third-order valence-corrected chi connectivity index (χ3v) is 2.95. The van der Waals surface area contributed by atoms with Gasteiger partial charge in [0.1, 0.15) is 5.52 Å². The summed E-state index contributed by atoms with van der Waals surface area (Å²) < 4.78 is 6.81. The number of aromatic nitrogens is 3. The Labute approximate surface area is 111 Å². The van der Waals surface area contributed by atoms with Crippen LogP contribution in [0.2, 0.25) is 0 Å². The van der Waals surface area contributed by atoms with Crippen LogP contribution in [0.1, 0.15) is 12.1 Å². The maximum atomic E-state index is 6.07. The largest absolute Gasteiger partial charge is 0.383 e. The van der Waals surface area contributed by atoms with Crippen molar-refractivity contribution >= 4 is 22.9 Å². The van der Waals surface area contributed by atoms with E-state index in [9.17, 15) is 0 Å². The number of alkyl halides is 1. The first-order valence-corrected chi connectivity index (χ1v) is 6.32. The predicted molar refractivity (Wildman–Crippen MR) is 72.3 cm³/mol. The number of nitrogens with zero attached hydrogens (tertiary/aromatic N) is 3. The lowest BCUT2D eigenvalue weighted by Gasteiger charge is -2.10. The molecule has 6 heteroatoms. The van der Waals surface area contributed by atoms with Gasteiger partial charge in [0.05, 0.1) is 17.7 Å². The summed E-state index contributed by atoms with van der Waals surface area (Å²) in [6, 6.07) is 2.00. The number of rotatable bonds is 6. The van der Waals surface area contributed by atoms with Crippen LogP contribution in [0.5, 0.6) is 0 Å². The summed E-state index contributed by atoms with van der Waals surface area (Å²) in [5.74, 6) is 0.833. The zero-order valence-corrected chi connectivity index (χ0v) is 11.3. The molecule has 0 aromatic carbocycles. The van der Waals surface area contributed by atoms with E-state index < -0.39 is 0 Å². The molecule has 0 amide bonds. The molecule has 0 bridgehead atoms. The van der Waals surface area contributed by atoms with Gasteiger partial charge in [0.25, 0.3) is 0 Å². The molecule has 2 heterocycles. The maximum absolute atomic E-state index is 6.07. The predicted octanol–water partition coefficient (Wildman–Crippen LogP) is 2.09. The maximum Gasteiger partial charge on any atom is 0.152 e. The van der Waals surface area contributed by atoms with Crippen molar-refractivity contribution in [1.82, 2.24) is 14.6 Å². The van der Waals surface area contributed by atoms with Gasteiger partial charge >= 0.3 is 0 Å².